The quantitative estimate of drug-likeness (QED) is 0.691. The van der Waals surface area contributed by atoms with Crippen molar-refractivity contribution in [1.29, 1.82) is 0 Å². The summed E-state index contributed by atoms with van der Waals surface area (Å²) in [4.78, 5) is 13.9. The number of nitrogens with two attached hydrogens (primary N) is 1. The predicted molar refractivity (Wildman–Crippen MR) is 105 cm³/mol. The molecule has 1 saturated heterocycles. The molecule has 152 valence electrons. The highest BCUT2D eigenvalue weighted by Gasteiger charge is 2.39. The van der Waals surface area contributed by atoms with Gasteiger partial charge < -0.3 is 20.1 Å². The van der Waals surface area contributed by atoms with Crippen molar-refractivity contribution in [3.05, 3.63) is 22.7 Å². The van der Waals surface area contributed by atoms with Crippen LogP contribution in [0.2, 0.25) is 0 Å². The summed E-state index contributed by atoms with van der Waals surface area (Å²) >= 11 is 3.27. The highest BCUT2D eigenvalue weighted by atomic mass is 79.9. The first-order chi connectivity index (χ1) is 12.5. The van der Waals surface area contributed by atoms with Crippen molar-refractivity contribution in [2.45, 2.75) is 49.8 Å². The monoisotopic (exact) mass is 463 g/mol. The largest absolute Gasteiger partial charge is 0.495 e. The molecule has 3 N–H and O–H groups in total. The third kappa shape index (κ3) is 5.56. The zero-order valence-corrected chi connectivity index (χ0v) is 18.3. The van der Waals surface area contributed by atoms with Crippen molar-refractivity contribution < 1.29 is 22.7 Å². The number of carbonyl (C=O) groups excluding carboxylic acids is 1. The molecule has 0 aliphatic carbocycles. The maximum absolute atomic E-state index is 12.8. The van der Waals surface area contributed by atoms with Gasteiger partial charge in [-0.05, 0) is 45.4 Å². The minimum absolute atomic E-state index is 0.0272. The molecule has 0 aromatic heterocycles. The Labute approximate surface area is 168 Å². The maximum Gasteiger partial charge on any atom is 0.410 e. The zero-order valence-electron chi connectivity index (χ0n) is 15.9. The van der Waals surface area contributed by atoms with Crippen LogP contribution in [0.1, 0.15) is 27.2 Å². The number of hydrogen-bond acceptors (Lipinski definition) is 6. The van der Waals surface area contributed by atoms with Crippen LogP contribution in [0.4, 0.5) is 4.79 Å². The van der Waals surface area contributed by atoms with Crippen LogP contribution in [-0.2, 0) is 14.8 Å². The SMILES string of the molecule is COc1ccc(Br)cc1S(=O)(=O)N[C@@H]1C[C@H](CN)N(C(=O)OC(C)(C)C)C1. The lowest BCUT2D eigenvalue weighted by Crippen LogP contribution is -2.43. The van der Waals surface area contributed by atoms with Crippen molar-refractivity contribution in [1.82, 2.24) is 9.62 Å². The summed E-state index contributed by atoms with van der Waals surface area (Å²) in [6, 6.07) is 3.98. The van der Waals surface area contributed by atoms with Crippen LogP contribution in [-0.4, -0.2) is 57.3 Å². The summed E-state index contributed by atoms with van der Waals surface area (Å²) < 4.78 is 39.5. The molecule has 1 heterocycles. The molecule has 10 heteroatoms. The fourth-order valence-corrected chi connectivity index (χ4v) is 4.86. The first-order valence-electron chi connectivity index (χ1n) is 8.52. The standard InChI is InChI=1S/C17H26BrN3O5S/c1-17(2,3)26-16(22)21-10-12(8-13(21)9-19)20-27(23,24)15-7-11(18)5-6-14(15)25-4/h5-7,12-13,20H,8-10,19H2,1-4H3/t12-,13-/m1/s1. The minimum atomic E-state index is -3.85. The minimum Gasteiger partial charge on any atom is -0.495 e. The Morgan fingerprint density at radius 1 is 1.41 bits per heavy atom. The number of benzene rings is 1. The summed E-state index contributed by atoms with van der Waals surface area (Å²) in [7, 11) is -2.44. The number of halogens is 1. The van der Waals surface area contributed by atoms with Crippen LogP contribution in [0, 0.1) is 0 Å². The van der Waals surface area contributed by atoms with Crippen molar-refractivity contribution in [3.63, 3.8) is 0 Å². The van der Waals surface area contributed by atoms with Gasteiger partial charge in [0.25, 0.3) is 0 Å². The number of methoxy groups -OCH3 is 1. The van der Waals surface area contributed by atoms with Crippen LogP contribution >= 0.6 is 15.9 Å². The molecule has 1 fully saturated rings. The maximum atomic E-state index is 12.8. The lowest BCUT2D eigenvalue weighted by Gasteiger charge is -2.27. The molecule has 0 bridgehead atoms. The van der Waals surface area contributed by atoms with E-state index in [1.54, 1.807) is 32.9 Å². The number of hydrogen-bond donors (Lipinski definition) is 2. The Morgan fingerprint density at radius 2 is 2.07 bits per heavy atom. The van der Waals surface area contributed by atoms with Gasteiger partial charge in [0, 0.05) is 29.6 Å². The Balaban J connectivity index is 2.18. The van der Waals surface area contributed by atoms with E-state index in [0.717, 1.165) is 0 Å². The Morgan fingerprint density at radius 3 is 2.63 bits per heavy atom. The molecule has 0 spiro atoms. The van der Waals surface area contributed by atoms with Gasteiger partial charge in [-0.1, -0.05) is 15.9 Å². The first kappa shape index (κ1) is 21.9. The third-order valence-electron chi connectivity index (χ3n) is 4.05. The van der Waals surface area contributed by atoms with Crippen LogP contribution in [0.5, 0.6) is 5.75 Å². The lowest BCUT2D eigenvalue weighted by atomic mass is 10.2. The van der Waals surface area contributed by atoms with Gasteiger partial charge in [0.1, 0.15) is 16.2 Å². The number of nitrogens with one attached hydrogen (secondary N) is 1. The molecule has 1 aromatic rings. The molecule has 8 nitrogen and oxygen atoms in total. The van der Waals surface area contributed by atoms with Crippen molar-refractivity contribution in [2.75, 3.05) is 20.2 Å². The van der Waals surface area contributed by atoms with Crippen molar-refractivity contribution in [2.24, 2.45) is 5.73 Å². The van der Waals surface area contributed by atoms with Gasteiger partial charge in [-0.25, -0.2) is 17.9 Å². The van der Waals surface area contributed by atoms with Crippen LogP contribution < -0.4 is 15.2 Å². The van der Waals surface area contributed by atoms with E-state index in [-0.39, 0.29) is 29.8 Å². The molecule has 2 rings (SSSR count). The molecule has 0 saturated carbocycles. The van der Waals surface area contributed by atoms with E-state index >= 15 is 0 Å². The van der Waals surface area contributed by atoms with E-state index in [9.17, 15) is 13.2 Å². The Bertz CT molecular complexity index is 794. The second-order valence-electron chi connectivity index (χ2n) is 7.37. The molecule has 0 radical (unpaired) electrons. The summed E-state index contributed by atoms with van der Waals surface area (Å²) in [5.74, 6) is 0.239. The Kier molecular flexibility index (Phi) is 6.77. The third-order valence-corrected chi connectivity index (χ3v) is 6.09. The summed E-state index contributed by atoms with van der Waals surface area (Å²) in [5.41, 5.74) is 5.13. The second-order valence-corrected chi connectivity index (χ2v) is 9.97. The highest BCUT2D eigenvalue weighted by Crippen LogP contribution is 2.29. The lowest BCUT2D eigenvalue weighted by molar-refractivity contribution is 0.0230. The van der Waals surface area contributed by atoms with Gasteiger partial charge in [-0.2, -0.15) is 0 Å². The van der Waals surface area contributed by atoms with Gasteiger partial charge in [0.15, 0.2) is 0 Å². The number of ether oxygens (including phenoxy) is 2. The van der Waals surface area contributed by atoms with Gasteiger partial charge in [-0.15, -0.1) is 0 Å². The van der Waals surface area contributed by atoms with Crippen LogP contribution in [0.25, 0.3) is 0 Å². The molecule has 1 aromatic carbocycles. The molecule has 2 atom stereocenters. The van der Waals surface area contributed by atoms with Crippen molar-refractivity contribution in [3.8, 4) is 5.75 Å². The highest BCUT2D eigenvalue weighted by molar-refractivity contribution is 9.10. The van der Waals surface area contributed by atoms with Gasteiger partial charge in [0.05, 0.1) is 7.11 Å². The summed E-state index contributed by atoms with van der Waals surface area (Å²) in [5, 5.41) is 0. The number of rotatable bonds is 5. The van der Waals surface area contributed by atoms with Gasteiger partial charge in [0.2, 0.25) is 10.0 Å². The zero-order chi connectivity index (χ0) is 20.4. The first-order valence-corrected chi connectivity index (χ1v) is 10.8. The number of nitrogens with zero attached hydrogens (tertiary/aromatic N) is 1. The molecular weight excluding hydrogens is 438 g/mol. The molecule has 1 amide bonds. The molecule has 0 unspecified atom stereocenters. The fourth-order valence-electron chi connectivity index (χ4n) is 2.91. The van der Waals surface area contributed by atoms with E-state index < -0.39 is 27.8 Å². The van der Waals surface area contributed by atoms with E-state index in [1.165, 1.54) is 18.1 Å². The van der Waals surface area contributed by atoms with E-state index in [4.69, 9.17) is 15.2 Å². The second kappa shape index (κ2) is 8.34. The summed E-state index contributed by atoms with van der Waals surface area (Å²) in [6.45, 7) is 5.73. The number of likely N-dealkylation sites (tertiary alicyclic amines) is 1. The predicted octanol–water partition coefficient (Wildman–Crippen LogP) is 2.07. The normalized spacial score (nSPS) is 20.6. The van der Waals surface area contributed by atoms with E-state index in [2.05, 4.69) is 20.7 Å². The topological polar surface area (TPSA) is 111 Å². The number of carbonyl (C=O) groups is 1. The molecule has 1 aliphatic heterocycles. The van der Waals surface area contributed by atoms with E-state index in [1.807, 2.05) is 0 Å². The fraction of sp³-hybridized carbons (Fsp3) is 0.588. The number of amides is 1. The molecule has 1 aliphatic rings. The van der Waals surface area contributed by atoms with Gasteiger partial charge in [-0.3, -0.25) is 0 Å². The van der Waals surface area contributed by atoms with Gasteiger partial charge >= 0.3 is 6.09 Å². The number of sulfonamides is 1. The van der Waals surface area contributed by atoms with Crippen LogP contribution in [0.3, 0.4) is 0 Å². The molecule has 27 heavy (non-hydrogen) atoms. The Hall–Kier alpha value is -1.36. The van der Waals surface area contributed by atoms with E-state index in [0.29, 0.717) is 10.9 Å². The van der Waals surface area contributed by atoms with Crippen molar-refractivity contribution >= 4 is 32.0 Å². The summed E-state index contributed by atoms with van der Waals surface area (Å²) in [6.07, 6.45) is -0.0923. The molecular formula is C17H26BrN3O5S. The average molecular weight is 464 g/mol. The van der Waals surface area contributed by atoms with Crippen LogP contribution in [0.15, 0.2) is 27.6 Å². The smallest absolute Gasteiger partial charge is 0.410 e. The average Bonchev–Trinajstić information content (AvgIpc) is 2.95.